The number of fused-ring (bicyclic) bond motifs is 1. The predicted octanol–water partition coefficient (Wildman–Crippen LogP) is 2.64. The SMILES string of the molecule is c1cncc(CNc2nncc3ccccc23)c1. The summed E-state index contributed by atoms with van der Waals surface area (Å²) in [6, 6.07) is 12.0. The molecule has 1 aromatic carbocycles. The Hall–Kier alpha value is -2.49. The maximum atomic E-state index is 4.14. The molecule has 0 atom stereocenters. The molecule has 0 unspecified atom stereocenters. The Labute approximate surface area is 105 Å². The second kappa shape index (κ2) is 4.79. The fourth-order valence-corrected chi connectivity index (χ4v) is 1.85. The van der Waals surface area contributed by atoms with Crippen LogP contribution in [-0.2, 0) is 6.54 Å². The number of hydrogen-bond donors (Lipinski definition) is 1. The number of benzene rings is 1. The van der Waals surface area contributed by atoms with Crippen LogP contribution in [0, 0.1) is 0 Å². The highest BCUT2D eigenvalue weighted by Gasteiger charge is 2.02. The summed E-state index contributed by atoms with van der Waals surface area (Å²) in [7, 11) is 0. The van der Waals surface area contributed by atoms with E-state index in [2.05, 4.69) is 20.5 Å². The summed E-state index contributed by atoms with van der Waals surface area (Å²) in [4.78, 5) is 4.08. The standard InChI is InChI=1S/C14H12N4/c1-2-6-13-12(5-1)10-17-18-14(13)16-9-11-4-3-7-15-8-11/h1-8,10H,9H2,(H,16,18). The third-order valence-corrected chi connectivity index (χ3v) is 2.75. The highest BCUT2D eigenvalue weighted by atomic mass is 15.2. The van der Waals surface area contributed by atoms with E-state index >= 15 is 0 Å². The molecule has 0 aliphatic carbocycles. The molecule has 0 aliphatic heterocycles. The Morgan fingerprint density at radius 3 is 2.83 bits per heavy atom. The van der Waals surface area contributed by atoms with Gasteiger partial charge >= 0.3 is 0 Å². The van der Waals surface area contributed by atoms with Crippen LogP contribution in [0.25, 0.3) is 10.8 Å². The molecule has 18 heavy (non-hydrogen) atoms. The maximum Gasteiger partial charge on any atom is 0.156 e. The third-order valence-electron chi connectivity index (χ3n) is 2.75. The smallest absolute Gasteiger partial charge is 0.156 e. The highest BCUT2D eigenvalue weighted by Crippen LogP contribution is 2.19. The molecule has 4 heteroatoms. The van der Waals surface area contributed by atoms with Crippen molar-refractivity contribution in [3.8, 4) is 0 Å². The van der Waals surface area contributed by atoms with E-state index in [0.29, 0.717) is 6.54 Å². The average Bonchev–Trinajstić information content (AvgIpc) is 2.46. The zero-order valence-electron chi connectivity index (χ0n) is 9.74. The minimum atomic E-state index is 0.691. The lowest BCUT2D eigenvalue weighted by Gasteiger charge is -2.07. The Morgan fingerprint density at radius 1 is 1.00 bits per heavy atom. The van der Waals surface area contributed by atoms with Crippen molar-refractivity contribution in [2.45, 2.75) is 6.54 Å². The van der Waals surface area contributed by atoms with Crippen LogP contribution in [0.4, 0.5) is 5.82 Å². The number of pyridine rings is 1. The predicted molar refractivity (Wildman–Crippen MR) is 71.1 cm³/mol. The first-order valence-electron chi connectivity index (χ1n) is 5.77. The first-order chi connectivity index (χ1) is 8.93. The number of anilines is 1. The summed E-state index contributed by atoms with van der Waals surface area (Å²) in [6.45, 7) is 0.691. The number of rotatable bonds is 3. The molecule has 2 aromatic heterocycles. The fourth-order valence-electron chi connectivity index (χ4n) is 1.85. The summed E-state index contributed by atoms with van der Waals surface area (Å²) < 4.78 is 0. The molecular formula is C14H12N4. The molecule has 0 saturated heterocycles. The third kappa shape index (κ3) is 2.13. The number of hydrogen-bond acceptors (Lipinski definition) is 4. The summed E-state index contributed by atoms with van der Waals surface area (Å²) >= 11 is 0. The van der Waals surface area contributed by atoms with Crippen molar-refractivity contribution >= 4 is 16.6 Å². The van der Waals surface area contributed by atoms with E-state index in [1.807, 2.05) is 42.6 Å². The van der Waals surface area contributed by atoms with Crippen LogP contribution < -0.4 is 5.32 Å². The van der Waals surface area contributed by atoms with E-state index in [1.54, 1.807) is 12.4 Å². The van der Waals surface area contributed by atoms with Crippen molar-refractivity contribution < 1.29 is 0 Å². The summed E-state index contributed by atoms with van der Waals surface area (Å²) in [5, 5.41) is 13.6. The van der Waals surface area contributed by atoms with Crippen molar-refractivity contribution in [2.24, 2.45) is 0 Å². The number of nitrogens with one attached hydrogen (secondary N) is 1. The van der Waals surface area contributed by atoms with Gasteiger partial charge in [-0.2, -0.15) is 5.10 Å². The lowest BCUT2D eigenvalue weighted by Crippen LogP contribution is -2.03. The van der Waals surface area contributed by atoms with Crippen LogP contribution in [0.1, 0.15) is 5.56 Å². The second-order valence-corrected chi connectivity index (χ2v) is 4.00. The zero-order chi connectivity index (χ0) is 12.2. The van der Waals surface area contributed by atoms with Gasteiger partial charge in [-0.3, -0.25) is 4.98 Å². The molecular weight excluding hydrogens is 224 g/mol. The monoisotopic (exact) mass is 236 g/mol. The van der Waals surface area contributed by atoms with Crippen molar-refractivity contribution in [3.05, 3.63) is 60.6 Å². The quantitative estimate of drug-likeness (QED) is 0.759. The van der Waals surface area contributed by atoms with E-state index in [4.69, 9.17) is 0 Å². The van der Waals surface area contributed by atoms with Crippen LogP contribution in [0.15, 0.2) is 55.0 Å². The first-order valence-corrected chi connectivity index (χ1v) is 5.77. The summed E-state index contributed by atoms with van der Waals surface area (Å²) in [5.74, 6) is 0.803. The summed E-state index contributed by atoms with van der Waals surface area (Å²) in [5.41, 5.74) is 1.12. The van der Waals surface area contributed by atoms with Crippen molar-refractivity contribution in [2.75, 3.05) is 5.32 Å². The molecule has 88 valence electrons. The van der Waals surface area contributed by atoms with E-state index in [9.17, 15) is 0 Å². The van der Waals surface area contributed by atoms with Gasteiger partial charge in [0.1, 0.15) is 0 Å². The van der Waals surface area contributed by atoms with E-state index < -0.39 is 0 Å². The van der Waals surface area contributed by atoms with Gasteiger partial charge in [0.15, 0.2) is 5.82 Å². The molecule has 0 fully saturated rings. The lowest BCUT2D eigenvalue weighted by atomic mass is 10.2. The molecule has 1 N–H and O–H groups in total. The first kappa shape index (κ1) is 10.7. The molecule has 0 spiro atoms. The van der Waals surface area contributed by atoms with Gasteiger partial charge in [-0.05, 0) is 11.6 Å². The Bertz CT molecular complexity index is 647. The van der Waals surface area contributed by atoms with Crippen LogP contribution in [-0.4, -0.2) is 15.2 Å². The topological polar surface area (TPSA) is 50.7 Å². The second-order valence-electron chi connectivity index (χ2n) is 4.00. The van der Waals surface area contributed by atoms with Gasteiger partial charge < -0.3 is 5.32 Å². The highest BCUT2D eigenvalue weighted by molar-refractivity contribution is 5.90. The minimum Gasteiger partial charge on any atom is -0.364 e. The average molecular weight is 236 g/mol. The molecule has 0 aliphatic rings. The molecule has 0 saturated carbocycles. The van der Waals surface area contributed by atoms with Crippen LogP contribution >= 0.6 is 0 Å². The van der Waals surface area contributed by atoms with Crippen molar-refractivity contribution in [1.82, 2.24) is 15.2 Å². The van der Waals surface area contributed by atoms with E-state index in [-0.39, 0.29) is 0 Å². The van der Waals surface area contributed by atoms with Gasteiger partial charge in [0, 0.05) is 29.7 Å². The zero-order valence-corrected chi connectivity index (χ0v) is 9.74. The Kier molecular flexibility index (Phi) is 2.84. The van der Waals surface area contributed by atoms with Gasteiger partial charge in [0.2, 0.25) is 0 Å². The normalized spacial score (nSPS) is 10.4. The Balaban J connectivity index is 1.87. The lowest BCUT2D eigenvalue weighted by molar-refractivity contribution is 1.01. The molecule has 3 aromatic rings. The molecule has 3 rings (SSSR count). The van der Waals surface area contributed by atoms with Gasteiger partial charge in [0.05, 0.1) is 6.20 Å². The van der Waals surface area contributed by atoms with Gasteiger partial charge in [-0.15, -0.1) is 5.10 Å². The Morgan fingerprint density at radius 2 is 1.94 bits per heavy atom. The molecule has 4 nitrogen and oxygen atoms in total. The van der Waals surface area contributed by atoms with Crippen LogP contribution in [0.5, 0.6) is 0 Å². The molecule has 0 amide bonds. The largest absolute Gasteiger partial charge is 0.364 e. The van der Waals surface area contributed by atoms with Gasteiger partial charge in [-0.1, -0.05) is 30.3 Å². The number of aromatic nitrogens is 3. The molecule has 0 bridgehead atoms. The van der Waals surface area contributed by atoms with Gasteiger partial charge in [0.25, 0.3) is 0 Å². The molecule has 2 heterocycles. The van der Waals surface area contributed by atoms with Gasteiger partial charge in [-0.25, -0.2) is 0 Å². The maximum absolute atomic E-state index is 4.14. The van der Waals surface area contributed by atoms with Crippen LogP contribution in [0.2, 0.25) is 0 Å². The number of nitrogens with zero attached hydrogens (tertiary/aromatic N) is 3. The van der Waals surface area contributed by atoms with Crippen molar-refractivity contribution in [3.63, 3.8) is 0 Å². The van der Waals surface area contributed by atoms with Crippen molar-refractivity contribution in [1.29, 1.82) is 0 Å². The summed E-state index contributed by atoms with van der Waals surface area (Å²) in [6.07, 6.45) is 5.37. The van der Waals surface area contributed by atoms with Crippen LogP contribution in [0.3, 0.4) is 0 Å². The van der Waals surface area contributed by atoms with E-state index in [0.717, 1.165) is 22.2 Å². The fraction of sp³-hybridized carbons (Fsp3) is 0.0714. The van der Waals surface area contributed by atoms with E-state index in [1.165, 1.54) is 0 Å². The molecule has 0 radical (unpaired) electrons. The minimum absolute atomic E-state index is 0.691.